The average molecular weight is 549 g/mol. The first-order valence-electron chi connectivity index (χ1n) is 12.7. The van der Waals surface area contributed by atoms with Gasteiger partial charge in [0.25, 0.3) is 5.69 Å². The maximum Gasteiger partial charge on any atom is 0.280 e. The summed E-state index contributed by atoms with van der Waals surface area (Å²) in [6.07, 6.45) is 1.73. The lowest BCUT2D eigenvalue weighted by atomic mass is 10.0. The fourth-order valence-electron chi connectivity index (χ4n) is 4.89. The van der Waals surface area contributed by atoms with Crippen LogP contribution < -0.4 is 15.0 Å². The van der Waals surface area contributed by atoms with Gasteiger partial charge in [0, 0.05) is 18.0 Å². The van der Waals surface area contributed by atoms with Crippen LogP contribution in [-0.4, -0.2) is 15.0 Å². The van der Waals surface area contributed by atoms with Crippen LogP contribution in [0.25, 0.3) is 11.3 Å². The average Bonchev–Trinajstić information content (AvgIpc) is 3.60. The summed E-state index contributed by atoms with van der Waals surface area (Å²) in [4.78, 5) is 17.8. The molecule has 1 aliphatic rings. The van der Waals surface area contributed by atoms with Crippen molar-refractivity contribution in [2.45, 2.75) is 19.0 Å². The topological polar surface area (TPSA) is 93.7 Å². The van der Waals surface area contributed by atoms with E-state index in [2.05, 4.69) is 10.3 Å². The standard InChI is InChI=1S/C31H24N4O4S/c1-20-8-2-5-12-26(20)38-22-15-13-21(14-16-22)34-30(29(33-31(34)40)24-10-6-7-19-32-24)28-18-17-27(39-28)23-9-3-4-11-25(23)35(36)37/h2-19,29-30H,1H3,(H,33,40)/t29-,30+/m1/s1. The second-order valence-electron chi connectivity index (χ2n) is 9.33. The van der Waals surface area contributed by atoms with Crippen molar-refractivity contribution in [1.29, 1.82) is 0 Å². The predicted octanol–water partition coefficient (Wildman–Crippen LogP) is 7.53. The van der Waals surface area contributed by atoms with Crippen LogP contribution >= 0.6 is 12.2 Å². The first kappa shape index (κ1) is 25.3. The van der Waals surface area contributed by atoms with E-state index >= 15 is 0 Å². The fourth-order valence-corrected chi connectivity index (χ4v) is 5.24. The lowest BCUT2D eigenvalue weighted by molar-refractivity contribution is -0.384. The minimum atomic E-state index is -0.409. The number of anilines is 1. The van der Waals surface area contributed by atoms with Gasteiger partial charge in [-0.3, -0.25) is 15.1 Å². The van der Waals surface area contributed by atoms with Crippen LogP contribution in [-0.2, 0) is 0 Å². The number of ether oxygens (including phenoxy) is 1. The SMILES string of the molecule is Cc1ccccc1Oc1ccc(N2C(=S)N[C@H](c3ccccn3)[C@@H]2c2ccc(-c3ccccc3[N+](=O)[O-])o2)cc1. The van der Waals surface area contributed by atoms with Crippen LogP contribution in [0.5, 0.6) is 11.5 Å². The molecule has 2 atom stereocenters. The lowest BCUT2D eigenvalue weighted by Crippen LogP contribution is -2.29. The van der Waals surface area contributed by atoms with Crippen molar-refractivity contribution in [2.75, 3.05) is 4.90 Å². The number of hydrogen-bond donors (Lipinski definition) is 1. The normalized spacial score (nSPS) is 16.5. The molecule has 0 aliphatic carbocycles. The minimum absolute atomic E-state index is 0.0224. The van der Waals surface area contributed by atoms with Gasteiger partial charge in [0.1, 0.15) is 29.1 Å². The lowest BCUT2D eigenvalue weighted by Gasteiger charge is -2.26. The summed E-state index contributed by atoms with van der Waals surface area (Å²) in [6, 6.07) is 30.7. The molecule has 3 aromatic carbocycles. The first-order valence-corrected chi connectivity index (χ1v) is 13.1. The van der Waals surface area contributed by atoms with Crippen molar-refractivity contribution in [3.05, 3.63) is 136 Å². The molecule has 0 unspecified atom stereocenters. The van der Waals surface area contributed by atoms with Gasteiger partial charge in [0.05, 0.1) is 22.2 Å². The Kier molecular flexibility index (Phi) is 6.71. The van der Waals surface area contributed by atoms with E-state index in [0.29, 0.717) is 27.9 Å². The minimum Gasteiger partial charge on any atom is -0.459 e. The molecule has 3 heterocycles. The Morgan fingerprint density at radius 2 is 1.70 bits per heavy atom. The molecule has 5 aromatic rings. The van der Waals surface area contributed by atoms with Crippen molar-refractivity contribution in [2.24, 2.45) is 0 Å². The second kappa shape index (κ2) is 10.6. The molecule has 40 heavy (non-hydrogen) atoms. The Balaban J connectivity index is 1.37. The molecule has 1 aliphatic heterocycles. The van der Waals surface area contributed by atoms with Gasteiger partial charge in [-0.1, -0.05) is 36.4 Å². The smallest absolute Gasteiger partial charge is 0.280 e. The van der Waals surface area contributed by atoms with E-state index < -0.39 is 11.0 Å². The van der Waals surface area contributed by atoms with E-state index in [0.717, 1.165) is 22.7 Å². The maximum atomic E-state index is 11.6. The Labute approximate surface area is 236 Å². The van der Waals surface area contributed by atoms with E-state index in [1.54, 1.807) is 30.5 Å². The number of rotatable bonds is 7. The second-order valence-corrected chi connectivity index (χ2v) is 9.72. The molecular formula is C31H24N4O4S. The summed E-state index contributed by atoms with van der Waals surface area (Å²) in [5, 5.41) is 15.6. The molecule has 1 fully saturated rings. The summed E-state index contributed by atoms with van der Waals surface area (Å²) >= 11 is 5.81. The fraction of sp³-hybridized carbons (Fsp3) is 0.0968. The number of aryl methyl sites for hydroxylation is 1. The Morgan fingerprint density at radius 3 is 2.45 bits per heavy atom. The van der Waals surface area contributed by atoms with Crippen molar-refractivity contribution in [3.8, 4) is 22.8 Å². The molecule has 0 bridgehead atoms. The van der Waals surface area contributed by atoms with Gasteiger partial charge in [0.15, 0.2) is 5.11 Å². The highest BCUT2D eigenvalue weighted by Crippen LogP contribution is 2.44. The summed E-state index contributed by atoms with van der Waals surface area (Å²) in [5.41, 5.74) is 3.06. The number of para-hydroxylation sites is 2. The van der Waals surface area contributed by atoms with E-state index in [-0.39, 0.29) is 11.7 Å². The van der Waals surface area contributed by atoms with Crippen LogP contribution in [0.1, 0.15) is 29.1 Å². The van der Waals surface area contributed by atoms with Crippen LogP contribution in [0.4, 0.5) is 11.4 Å². The number of nitrogens with zero attached hydrogens (tertiary/aromatic N) is 3. The van der Waals surface area contributed by atoms with Gasteiger partial charge < -0.3 is 19.4 Å². The van der Waals surface area contributed by atoms with E-state index in [9.17, 15) is 10.1 Å². The van der Waals surface area contributed by atoms with Crippen molar-refractivity contribution < 1.29 is 14.1 Å². The van der Waals surface area contributed by atoms with E-state index in [1.807, 2.05) is 84.6 Å². The third-order valence-electron chi connectivity index (χ3n) is 6.82. The monoisotopic (exact) mass is 548 g/mol. The van der Waals surface area contributed by atoms with Gasteiger partial charge in [-0.15, -0.1) is 0 Å². The molecule has 1 N–H and O–H groups in total. The molecule has 6 rings (SSSR count). The zero-order valence-corrected chi connectivity index (χ0v) is 22.2. The van der Waals surface area contributed by atoms with Gasteiger partial charge in [-0.25, -0.2) is 0 Å². The van der Waals surface area contributed by atoms with Crippen LogP contribution in [0, 0.1) is 17.0 Å². The Hall–Kier alpha value is -5.02. The van der Waals surface area contributed by atoms with Crippen LogP contribution in [0.15, 0.2) is 114 Å². The first-order chi connectivity index (χ1) is 19.5. The summed E-state index contributed by atoms with van der Waals surface area (Å²) < 4.78 is 12.4. The van der Waals surface area contributed by atoms with Gasteiger partial charge in [-0.2, -0.15) is 0 Å². The zero-order chi connectivity index (χ0) is 27.6. The van der Waals surface area contributed by atoms with E-state index in [1.165, 1.54) is 6.07 Å². The van der Waals surface area contributed by atoms with Gasteiger partial charge in [-0.05, 0) is 85.4 Å². The molecule has 9 heteroatoms. The number of aromatic nitrogens is 1. The van der Waals surface area contributed by atoms with Crippen LogP contribution in [0.2, 0.25) is 0 Å². The van der Waals surface area contributed by atoms with Crippen molar-refractivity contribution >= 4 is 28.7 Å². The summed E-state index contributed by atoms with van der Waals surface area (Å²) in [5.74, 6) is 2.49. The zero-order valence-electron chi connectivity index (χ0n) is 21.4. The van der Waals surface area contributed by atoms with Crippen molar-refractivity contribution in [3.63, 3.8) is 0 Å². The molecule has 2 aromatic heterocycles. The molecule has 0 spiro atoms. The molecule has 198 valence electrons. The number of nitro groups is 1. The Morgan fingerprint density at radius 1 is 0.950 bits per heavy atom. The third kappa shape index (κ3) is 4.78. The highest BCUT2D eigenvalue weighted by Gasteiger charge is 2.42. The molecule has 0 saturated carbocycles. The molecule has 8 nitrogen and oxygen atoms in total. The molecule has 0 amide bonds. The highest BCUT2D eigenvalue weighted by molar-refractivity contribution is 7.80. The highest BCUT2D eigenvalue weighted by atomic mass is 32.1. The van der Waals surface area contributed by atoms with Gasteiger partial charge >= 0.3 is 0 Å². The van der Waals surface area contributed by atoms with Crippen LogP contribution in [0.3, 0.4) is 0 Å². The number of furan rings is 1. The molecule has 1 saturated heterocycles. The number of pyridine rings is 1. The number of nitro benzene ring substituents is 1. The van der Waals surface area contributed by atoms with Crippen molar-refractivity contribution in [1.82, 2.24) is 10.3 Å². The third-order valence-corrected chi connectivity index (χ3v) is 7.13. The molecular weight excluding hydrogens is 524 g/mol. The van der Waals surface area contributed by atoms with Gasteiger partial charge in [0.2, 0.25) is 0 Å². The Bertz CT molecular complexity index is 1690. The predicted molar refractivity (Wildman–Crippen MR) is 156 cm³/mol. The number of thiocarbonyl (C=S) groups is 1. The summed E-state index contributed by atoms with van der Waals surface area (Å²) in [7, 11) is 0. The van der Waals surface area contributed by atoms with E-state index in [4.69, 9.17) is 21.4 Å². The largest absolute Gasteiger partial charge is 0.459 e. The summed E-state index contributed by atoms with van der Waals surface area (Å²) in [6.45, 7) is 2.00. The number of nitrogens with one attached hydrogen (secondary N) is 1. The number of benzene rings is 3. The number of hydrogen-bond acceptors (Lipinski definition) is 6. The quantitative estimate of drug-likeness (QED) is 0.127. The maximum absolute atomic E-state index is 11.6. The molecule has 0 radical (unpaired) electrons.